The lowest BCUT2D eigenvalue weighted by Crippen LogP contribution is -2.34. The van der Waals surface area contributed by atoms with Gasteiger partial charge in [0.25, 0.3) is 0 Å². The van der Waals surface area contributed by atoms with E-state index >= 15 is 0 Å². The van der Waals surface area contributed by atoms with E-state index in [9.17, 15) is 8.42 Å². The van der Waals surface area contributed by atoms with Crippen LogP contribution in [-0.2, 0) is 9.84 Å². The number of aryl methyl sites for hydroxylation is 1. The van der Waals surface area contributed by atoms with Crippen molar-refractivity contribution < 1.29 is 13.2 Å². The molecule has 1 fully saturated rings. The number of sulfone groups is 1. The van der Waals surface area contributed by atoms with E-state index in [0.29, 0.717) is 5.75 Å². The van der Waals surface area contributed by atoms with Crippen LogP contribution in [0.4, 0.5) is 5.69 Å². The van der Waals surface area contributed by atoms with Crippen molar-refractivity contribution in [1.82, 2.24) is 0 Å². The zero-order chi connectivity index (χ0) is 13.2. The van der Waals surface area contributed by atoms with Crippen LogP contribution in [-0.4, -0.2) is 33.1 Å². The first-order valence-corrected chi connectivity index (χ1v) is 7.94. The predicted molar refractivity (Wildman–Crippen MR) is 73.0 cm³/mol. The van der Waals surface area contributed by atoms with Crippen LogP contribution in [0.2, 0.25) is 0 Å². The summed E-state index contributed by atoms with van der Waals surface area (Å²) in [6.45, 7) is 2.00. The van der Waals surface area contributed by atoms with E-state index in [0.717, 1.165) is 29.8 Å². The van der Waals surface area contributed by atoms with Gasteiger partial charge in [0.15, 0.2) is 9.84 Å². The fraction of sp³-hybridized carbons (Fsp3) is 0.538. The van der Waals surface area contributed by atoms with Crippen LogP contribution in [0, 0.1) is 6.92 Å². The first-order chi connectivity index (χ1) is 8.50. The van der Waals surface area contributed by atoms with Gasteiger partial charge in [-0.15, -0.1) is 0 Å². The van der Waals surface area contributed by atoms with E-state index < -0.39 is 9.84 Å². The summed E-state index contributed by atoms with van der Waals surface area (Å²) in [5.74, 6) is 1.28. The Balaban J connectivity index is 2.16. The van der Waals surface area contributed by atoms with Crippen LogP contribution >= 0.6 is 0 Å². The lowest BCUT2D eigenvalue weighted by molar-refractivity contribution is 0.415. The summed E-state index contributed by atoms with van der Waals surface area (Å²) in [6.07, 6.45) is 1.62. The maximum atomic E-state index is 11.6. The third-order valence-electron chi connectivity index (χ3n) is 3.18. The zero-order valence-corrected chi connectivity index (χ0v) is 11.6. The van der Waals surface area contributed by atoms with Crippen molar-refractivity contribution >= 4 is 15.5 Å². The van der Waals surface area contributed by atoms with E-state index in [1.165, 1.54) is 0 Å². The molecule has 1 atom stereocenters. The van der Waals surface area contributed by atoms with E-state index in [2.05, 4.69) is 5.32 Å². The molecule has 1 heterocycles. The Kier molecular flexibility index (Phi) is 3.80. The Bertz CT molecular complexity index is 525. The lowest BCUT2D eigenvalue weighted by Gasteiger charge is -2.25. The number of anilines is 1. The minimum absolute atomic E-state index is 0.0144. The number of hydrogen-bond donors (Lipinski definition) is 1. The van der Waals surface area contributed by atoms with Crippen molar-refractivity contribution in [2.75, 3.05) is 23.9 Å². The van der Waals surface area contributed by atoms with Crippen LogP contribution in [0.1, 0.15) is 18.4 Å². The molecule has 1 N–H and O–H groups in total. The van der Waals surface area contributed by atoms with Gasteiger partial charge in [-0.2, -0.15) is 0 Å². The highest BCUT2D eigenvalue weighted by Crippen LogP contribution is 2.27. The highest BCUT2D eigenvalue weighted by atomic mass is 32.2. The highest BCUT2D eigenvalue weighted by molar-refractivity contribution is 7.91. The fourth-order valence-corrected chi connectivity index (χ4v) is 3.93. The van der Waals surface area contributed by atoms with Crippen LogP contribution in [0.15, 0.2) is 18.2 Å². The zero-order valence-electron chi connectivity index (χ0n) is 10.8. The highest BCUT2D eigenvalue weighted by Gasteiger charge is 2.25. The normalized spacial score (nSPS) is 22.4. The molecule has 1 unspecified atom stereocenters. The SMILES string of the molecule is COc1ccc(C)cc1NC1CCCS(=O)(=O)C1. The summed E-state index contributed by atoms with van der Waals surface area (Å²) in [5, 5.41) is 3.29. The molecule has 100 valence electrons. The molecular formula is C13H19NO3S. The summed E-state index contributed by atoms with van der Waals surface area (Å²) >= 11 is 0. The summed E-state index contributed by atoms with van der Waals surface area (Å²) in [7, 11) is -1.27. The molecule has 2 rings (SSSR count). The molecule has 0 bridgehead atoms. The van der Waals surface area contributed by atoms with Gasteiger partial charge in [0.05, 0.1) is 24.3 Å². The van der Waals surface area contributed by atoms with Gasteiger partial charge in [-0.25, -0.2) is 8.42 Å². The Morgan fingerprint density at radius 3 is 2.83 bits per heavy atom. The van der Waals surface area contributed by atoms with E-state index in [1.807, 2.05) is 25.1 Å². The van der Waals surface area contributed by atoms with Crippen molar-refractivity contribution in [3.63, 3.8) is 0 Å². The standard InChI is InChI=1S/C13H19NO3S/c1-10-5-6-13(17-2)12(8-10)14-11-4-3-7-18(15,16)9-11/h5-6,8,11,14H,3-4,7,9H2,1-2H3. The molecule has 1 aliphatic rings. The first-order valence-electron chi connectivity index (χ1n) is 6.12. The molecule has 0 spiro atoms. The molecule has 5 heteroatoms. The van der Waals surface area contributed by atoms with Gasteiger partial charge in [0.2, 0.25) is 0 Å². The third-order valence-corrected chi connectivity index (χ3v) is 5.00. The second-order valence-corrected chi connectivity index (χ2v) is 7.03. The minimum Gasteiger partial charge on any atom is -0.495 e. The van der Waals surface area contributed by atoms with E-state index in [-0.39, 0.29) is 11.8 Å². The Hall–Kier alpha value is -1.23. The molecule has 0 saturated carbocycles. The smallest absolute Gasteiger partial charge is 0.152 e. The second kappa shape index (κ2) is 5.18. The van der Waals surface area contributed by atoms with Gasteiger partial charge in [-0.3, -0.25) is 0 Å². The average molecular weight is 269 g/mol. The van der Waals surface area contributed by atoms with Gasteiger partial charge in [0.1, 0.15) is 5.75 Å². The molecular weight excluding hydrogens is 250 g/mol. The van der Waals surface area contributed by atoms with Crippen molar-refractivity contribution in [1.29, 1.82) is 0 Å². The maximum absolute atomic E-state index is 11.6. The topological polar surface area (TPSA) is 55.4 Å². The van der Waals surface area contributed by atoms with Crippen LogP contribution < -0.4 is 10.1 Å². The van der Waals surface area contributed by atoms with Crippen molar-refractivity contribution in [3.8, 4) is 5.75 Å². The summed E-state index contributed by atoms with van der Waals surface area (Å²) < 4.78 is 28.5. The molecule has 1 aromatic rings. The molecule has 1 saturated heterocycles. The fourth-order valence-electron chi connectivity index (χ4n) is 2.29. The average Bonchev–Trinajstić information content (AvgIpc) is 2.28. The number of benzene rings is 1. The molecule has 1 aliphatic heterocycles. The first kappa shape index (κ1) is 13.2. The number of nitrogens with one attached hydrogen (secondary N) is 1. The summed E-state index contributed by atoms with van der Waals surface area (Å²) in [6, 6.07) is 5.84. The Morgan fingerprint density at radius 1 is 1.39 bits per heavy atom. The van der Waals surface area contributed by atoms with Crippen molar-refractivity contribution in [3.05, 3.63) is 23.8 Å². The van der Waals surface area contributed by atoms with Gasteiger partial charge in [-0.05, 0) is 37.5 Å². The molecule has 0 aromatic heterocycles. The molecule has 4 nitrogen and oxygen atoms in total. The van der Waals surface area contributed by atoms with Gasteiger partial charge in [-0.1, -0.05) is 6.07 Å². The van der Waals surface area contributed by atoms with Crippen LogP contribution in [0.5, 0.6) is 5.75 Å². The van der Waals surface area contributed by atoms with Crippen molar-refractivity contribution in [2.24, 2.45) is 0 Å². The maximum Gasteiger partial charge on any atom is 0.152 e. The van der Waals surface area contributed by atoms with Crippen LogP contribution in [0.3, 0.4) is 0 Å². The molecule has 1 aromatic carbocycles. The van der Waals surface area contributed by atoms with Gasteiger partial charge < -0.3 is 10.1 Å². The molecule has 0 radical (unpaired) electrons. The van der Waals surface area contributed by atoms with Gasteiger partial charge in [0, 0.05) is 6.04 Å². The van der Waals surface area contributed by atoms with E-state index in [1.54, 1.807) is 7.11 Å². The number of ether oxygens (including phenoxy) is 1. The largest absolute Gasteiger partial charge is 0.495 e. The Labute approximate surface area is 108 Å². The van der Waals surface area contributed by atoms with E-state index in [4.69, 9.17) is 4.74 Å². The quantitative estimate of drug-likeness (QED) is 0.911. The number of hydrogen-bond acceptors (Lipinski definition) is 4. The Morgan fingerprint density at radius 2 is 2.17 bits per heavy atom. The van der Waals surface area contributed by atoms with Gasteiger partial charge >= 0.3 is 0 Å². The summed E-state index contributed by atoms with van der Waals surface area (Å²) in [5.41, 5.74) is 2.00. The molecule has 0 amide bonds. The second-order valence-electron chi connectivity index (χ2n) is 4.80. The lowest BCUT2D eigenvalue weighted by atomic mass is 10.1. The molecule has 18 heavy (non-hydrogen) atoms. The third kappa shape index (κ3) is 3.16. The minimum atomic E-state index is -2.89. The van der Waals surface area contributed by atoms with Crippen LogP contribution in [0.25, 0.3) is 0 Å². The number of rotatable bonds is 3. The monoisotopic (exact) mass is 269 g/mol. The summed E-state index contributed by atoms with van der Waals surface area (Å²) in [4.78, 5) is 0. The molecule has 0 aliphatic carbocycles. The number of methoxy groups -OCH3 is 1. The van der Waals surface area contributed by atoms with Crippen molar-refractivity contribution in [2.45, 2.75) is 25.8 Å². The predicted octanol–water partition coefficient (Wildman–Crippen LogP) is 1.99.